The number of hydrogen-bond acceptors (Lipinski definition) is 5. The molecule has 0 aliphatic rings. The van der Waals surface area contributed by atoms with Gasteiger partial charge in [0.05, 0.1) is 27.4 Å². The molecule has 0 bridgehead atoms. The van der Waals surface area contributed by atoms with Crippen LogP contribution in [0.15, 0.2) is 16.6 Å². The third-order valence-electron chi connectivity index (χ3n) is 2.31. The Morgan fingerprint density at radius 2 is 1.72 bits per heavy atom. The van der Waals surface area contributed by atoms with E-state index in [4.69, 9.17) is 19.0 Å². The average molecular weight is 320 g/mol. The van der Waals surface area contributed by atoms with Crippen LogP contribution in [0, 0.1) is 0 Å². The van der Waals surface area contributed by atoms with Crippen LogP contribution in [0.4, 0.5) is 0 Å². The summed E-state index contributed by atoms with van der Waals surface area (Å²) in [6.07, 6.45) is 0. The van der Waals surface area contributed by atoms with Crippen molar-refractivity contribution in [3.8, 4) is 11.5 Å². The summed E-state index contributed by atoms with van der Waals surface area (Å²) in [6.45, 7) is 1.62. The van der Waals surface area contributed by atoms with E-state index in [9.17, 15) is 0 Å². The summed E-state index contributed by atoms with van der Waals surface area (Å²) < 4.78 is 16.3. The van der Waals surface area contributed by atoms with E-state index in [0.717, 1.165) is 10.0 Å². The van der Waals surface area contributed by atoms with Gasteiger partial charge in [0.15, 0.2) is 11.5 Å². The van der Waals surface area contributed by atoms with Crippen molar-refractivity contribution in [1.82, 2.24) is 5.48 Å². The molecule has 0 unspecified atom stereocenters. The van der Waals surface area contributed by atoms with Gasteiger partial charge in [-0.2, -0.15) is 5.48 Å². The summed E-state index contributed by atoms with van der Waals surface area (Å²) in [5.74, 6) is 1.38. The van der Waals surface area contributed by atoms with Gasteiger partial charge in [-0.05, 0) is 17.7 Å². The molecule has 1 N–H and O–H groups in total. The smallest absolute Gasteiger partial charge is 0.161 e. The first-order valence-electron chi connectivity index (χ1n) is 5.47. The lowest BCUT2D eigenvalue weighted by atomic mass is 10.2. The van der Waals surface area contributed by atoms with Crippen LogP contribution in [0.1, 0.15) is 5.56 Å². The van der Waals surface area contributed by atoms with Crippen LogP contribution < -0.4 is 15.0 Å². The highest BCUT2D eigenvalue weighted by Gasteiger charge is 2.09. The molecule has 0 aliphatic carbocycles. The number of benzene rings is 1. The van der Waals surface area contributed by atoms with Crippen molar-refractivity contribution in [3.63, 3.8) is 0 Å². The molecule has 0 aromatic heterocycles. The molecule has 0 saturated carbocycles. The molecule has 1 rings (SSSR count). The quantitative estimate of drug-likeness (QED) is 0.587. The Balaban J connectivity index is 2.59. The standard InChI is InChI=1S/C12H18BrNO4/c1-15-4-5-18-14-8-9-6-11(16-2)12(17-3)7-10(9)13/h6-7,14H,4-5,8H2,1-3H3. The van der Waals surface area contributed by atoms with E-state index in [0.29, 0.717) is 31.3 Å². The van der Waals surface area contributed by atoms with Gasteiger partial charge in [0.1, 0.15) is 0 Å². The van der Waals surface area contributed by atoms with Crippen LogP contribution in [0.3, 0.4) is 0 Å². The Bertz CT molecular complexity index is 373. The molecule has 0 spiro atoms. The number of rotatable bonds is 8. The predicted octanol–water partition coefficient (Wildman–Crippen LogP) is 2.13. The molecule has 6 heteroatoms. The minimum Gasteiger partial charge on any atom is -0.493 e. The maximum atomic E-state index is 5.24. The molecule has 0 saturated heterocycles. The second kappa shape index (κ2) is 8.31. The summed E-state index contributed by atoms with van der Waals surface area (Å²) in [5.41, 5.74) is 3.88. The Morgan fingerprint density at radius 1 is 1.06 bits per heavy atom. The molecule has 0 fully saturated rings. The molecule has 18 heavy (non-hydrogen) atoms. The molecule has 0 heterocycles. The van der Waals surface area contributed by atoms with Crippen molar-refractivity contribution >= 4 is 15.9 Å². The largest absolute Gasteiger partial charge is 0.493 e. The third-order valence-corrected chi connectivity index (χ3v) is 3.04. The number of methoxy groups -OCH3 is 3. The summed E-state index contributed by atoms with van der Waals surface area (Å²) in [5, 5.41) is 0. The first-order chi connectivity index (χ1) is 8.72. The van der Waals surface area contributed by atoms with Crippen LogP contribution in [0.2, 0.25) is 0 Å². The summed E-state index contributed by atoms with van der Waals surface area (Å²) >= 11 is 3.48. The average Bonchev–Trinajstić information content (AvgIpc) is 2.39. The zero-order valence-corrected chi connectivity index (χ0v) is 12.4. The zero-order chi connectivity index (χ0) is 13.4. The van der Waals surface area contributed by atoms with E-state index < -0.39 is 0 Å². The first-order valence-corrected chi connectivity index (χ1v) is 6.26. The third kappa shape index (κ3) is 4.45. The van der Waals surface area contributed by atoms with Gasteiger partial charge in [-0.3, -0.25) is 4.84 Å². The first kappa shape index (κ1) is 15.2. The van der Waals surface area contributed by atoms with Crippen LogP contribution in [0.25, 0.3) is 0 Å². The molecule has 1 aromatic rings. The van der Waals surface area contributed by atoms with Gasteiger partial charge in [-0.25, -0.2) is 0 Å². The highest BCUT2D eigenvalue weighted by molar-refractivity contribution is 9.10. The summed E-state index contributed by atoms with van der Waals surface area (Å²) in [6, 6.07) is 3.76. The Hall–Kier alpha value is -0.820. The zero-order valence-electron chi connectivity index (χ0n) is 10.8. The Morgan fingerprint density at radius 3 is 2.33 bits per heavy atom. The topological polar surface area (TPSA) is 49.0 Å². The van der Waals surface area contributed by atoms with Crippen LogP contribution in [-0.4, -0.2) is 34.5 Å². The van der Waals surface area contributed by atoms with Gasteiger partial charge in [0.25, 0.3) is 0 Å². The minimum atomic E-state index is 0.501. The van der Waals surface area contributed by atoms with Crippen LogP contribution >= 0.6 is 15.9 Å². The lowest BCUT2D eigenvalue weighted by molar-refractivity contribution is 0.00336. The Labute approximate surface area is 115 Å². The van der Waals surface area contributed by atoms with Crippen molar-refractivity contribution in [1.29, 1.82) is 0 Å². The monoisotopic (exact) mass is 319 g/mol. The van der Waals surface area contributed by atoms with Gasteiger partial charge in [-0.1, -0.05) is 15.9 Å². The van der Waals surface area contributed by atoms with Gasteiger partial charge in [0.2, 0.25) is 0 Å². The molecule has 1 aromatic carbocycles. The lowest BCUT2D eigenvalue weighted by Crippen LogP contribution is -2.17. The summed E-state index contributed by atoms with van der Waals surface area (Å²) in [7, 11) is 4.85. The number of halogens is 1. The molecule has 0 atom stereocenters. The number of hydrogen-bond donors (Lipinski definition) is 1. The van der Waals surface area contributed by atoms with Crippen molar-refractivity contribution in [2.24, 2.45) is 0 Å². The Kier molecular flexibility index (Phi) is 7.04. The van der Waals surface area contributed by atoms with Gasteiger partial charge in [0, 0.05) is 18.1 Å². The number of ether oxygens (including phenoxy) is 3. The van der Waals surface area contributed by atoms with Crippen LogP contribution in [-0.2, 0) is 16.1 Å². The van der Waals surface area contributed by atoms with E-state index in [1.165, 1.54) is 0 Å². The van der Waals surface area contributed by atoms with Crippen molar-refractivity contribution in [2.45, 2.75) is 6.54 Å². The van der Waals surface area contributed by atoms with E-state index in [-0.39, 0.29) is 0 Å². The van der Waals surface area contributed by atoms with Gasteiger partial charge < -0.3 is 14.2 Å². The molecular weight excluding hydrogens is 302 g/mol. The SMILES string of the molecule is COCCONCc1cc(OC)c(OC)cc1Br. The number of hydroxylamine groups is 1. The fourth-order valence-corrected chi connectivity index (χ4v) is 1.82. The summed E-state index contributed by atoms with van der Waals surface area (Å²) in [4.78, 5) is 5.20. The maximum Gasteiger partial charge on any atom is 0.161 e. The van der Waals surface area contributed by atoms with Crippen molar-refractivity contribution in [3.05, 3.63) is 22.2 Å². The second-order valence-corrected chi connectivity index (χ2v) is 4.32. The van der Waals surface area contributed by atoms with Crippen molar-refractivity contribution in [2.75, 3.05) is 34.5 Å². The van der Waals surface area contributed by atoms with Gasteiger partial charge in [-0.15, -0.1) is 0 Å². The minimum absolute atomic E-state index is 0.501. The highest BCUT2D eigenvalue weighted by Crippen LogP contribution is 2.33. The van der Waals surface area contributed by atoms with E-state index in [2.05, 4.69) is 21.4 Å². The fraction of sp³-hybridized carbons (Fsp3) is 0.500. The highest BCUT2D eigenvalue weighted by atomic mass is 79.9. The molecule has 0 amide bonds. The lowest BCUT2D eigenvalue weighted by Gasteiger charge is -2.12. The van der Waals surface area contributed by atoms with E-state index >= 15 is 0 Å². The molecule has 5 nitrogen and oxygen atoms in total. The van der Waals surface area contributed by atoms with Crippen molar-refractivity contribution < 1.29 is 19.0 Å². The molecule has 102 valence electrons. The van der Waals surface area contributed by atoms with E-state index in [1.54, 1.807) is 21.3 Å². The van der Waals surface area contributed by atoms with Gasteiger partial charge >= 0.3 is 0 Å². The molecular formula is C12H18BrNO4. The predicted molar refractivity (Wildman–Crippen MR) is 71.9 cm³/mol. The normalized spacial score (nSPS) is 10.4. The van der Waals surface area contributed by atoms with Crippen LogP contribution in [0.5, 0.6) is 11.5 Å². The molecule has 0 aliphatic heterocycles. The maximum absolute atomic E-state index is 5.24. The second-order valence-electron chi connectivity index (χ2n) is 3.46. The molecule has 0 radical (unpaired) electrons. The fourth-order valence-electron chi connectivity index (χ4n) is 1.36. The number of nitrogens with one attached hydrogen (secondary N) is 1. The van der Waals surface area contributed by atoms with E-state index in [1.807, 2.05) is 12.1 Å².